The van der Waals surface area contributed by atoms with Crippen LogP contribution in [0.25, 0.3) is 0 Å². The van der Waals surface area contributed by atoms with Gasteiger partial charge in [0, 0.05) is 24.0 Å². The Bertz CT molecular complexity index is 1300. The molecule has 1 aromatic heterocycles. The Kier molecular flexibility index (Phi) is 7.24. The van der Waals surface area contributed by atoms with E-state index in [-0.39, 0.29) is 17.6 Å². The fourth-order valence-electron chi connectivity index (χ4n) is 3.09. The van der Waals surface area contributed by atoms with Gasteiger partial charge in [-0.15, -0.1) is 10.2 Å². The second kappa shape index (κ2) is 10.7. The van der Waals surface area contributed by atoms with Crippen LogP contribution in [0, 0.1) is 6.92 Å². The number of rotatable bonds is 8. The highest BCUT2D eigenvalue weighted by atomic mass is 32.2. The Hall–Kier alpha value is -4.11. The third-order valence-corrected chi connectivity index (χ3v) is 5.78. The maximum atomic E-state index is 12.7. The van der Waals surface area contributed by atoms with Gasteiger partial charge in [0.15, 0.2) is 5.16 Å². The number of anilines is 2. The maximum absolute atomic E-state index is 12.7. The van der Waals surface area contributed by atoms with Gasteiger partial charge in [-0.25, -0.2) is 0 Å². The van der Waals surface area contributed by atoms with Gasteiger partial charge in [0.1, 0.15) is 17.8 Å². The third-order valence-electron chi connectivity index (χ3n) is 4.75. The van der Waals surface area contributed by atoms with Crippen molar-refractivity contribution < 1.29 is 14.3 Å². The van der Waals surface area contributed by atoms with Crippen molar-refractivity contribution in [3.8, 4) is 11.5 Å². The number of nitrogens with zero attached hydrogens (tertiary/aromatic N) is 3. The molecule has 34 heavy (non-hydrogen) atoms. The van der Waals surface area contributed by atoms with Crippen LogP contribution in [-0.4, -0.2) is 32.3 Å². The van der Waals surface area contributed by atoms with Crippen molar-refractivity contribution in [3.05, 3.63) is 90.3 Å². The molecule has 0 aliphatic heterocycles. The first-order chi connectivity index (χ1) is 16.5. The van der Waals surface area contributed by atoms with Crippen LogP contribution in [0.15, 0.2) is 84.3 Å². The minimum Gasteiger partial charge on any atom is -0.457 e. The number of carbonyl (C=O) groups is 2. The molecule has 4 rings (SSSR count). The third kappa shape index (κ3) is 6.23. The lowest BCUT2D eigenvalue weighted by molar-refractivity contribution is -0.113. The number of carbonyl (C=O) groups excluding carboxylic acids is 2. The highest BCUT2D eigenvalue weighted by Gasteiger charge is 2.10. The van der Waals surface area contributed by atoms with E-state index in [1.54, 1.807) is 59.4 Å². The Morgan fingerprint density at radius 3 is 2.47 bits per heavy atom. The molecule has 3 aromatic carbocycles. The molecule has 2 amide bonds. The van der Waals surface area contributed by atoms with Gasteiger partial charge in [-0.3, -0.25) is 9.59 Å². The summed E-state index contributed by atoms with van der Waals surface area (Å²) in [6.07, 6.45) is 1.58. The van der Waals surface area contributed by atoms with Crippen LogP contribution < -0.4 is 15.4 Å². The first-order valence-corrected chi connectivity index (χ1v) is 11.5. The predicted molar refractivity (Wildman–Crippen MR) is 132 cm³/mol. The molecule has 172 valence electrons. The number of thioether (sulfide) groups is 1. The van der Waals surface area contributed by atoms with Crippen molar-refractivity contribution in [2.45, 2.75) is 12.1 Å². The average molecular weight is 474 g/mol. The molecule has 8 nitrogen and oxygen atoms in total. The Balaban J connectivity index is 1.32. The average Bonchev–Trinajstić information content (AvgIpc) is 3.24. The normalized spacial score (nSPS) is 10.5. The van der Waals surface area contributed by atoms with Gasteiger partial charge in [0.25, 0.3) is 5.91 Å². The molecule has 1 heterocycles. The summed E-state index contributed by atoms with van der Waals surface area (Å²) in [6.45, 7) is 2.00. The van der Waals surface area contributed by atoms with Crippen molar-refractivity contribution in [1.82, 2.24) is 14.8 Å². The lowest BCUT2D eigenvalue weighted by Crippen LogP contribution is -2.16. The Labute approximate surface area is 201 Å². The van der Waals surface area contributed by atoms with E-state index < -0.39 is 0 Å². The molecular formula is C25H23N5O3S. The zero-order valence-corrected chi connectivity index (χ0v) is 19.5. The Morgan fingerprint density at radius 1 is 0.941 bits per heavy atom. The minimum absolute atomic E-state index is 0.180. The van der Waals surface area contributed by atoms with Crippen molar-refractivity contribution in [2.75, 3.05) is 16.4 Å². The number of hydrogen-bond donors (Lipinski definition) is 2. The summed E-state index contributed by atoms with van der Waals surface area (Å²) in [5, 5.41) is 14.0. The fourth-order valence-corrected chi connectivity index (χ4v) is 3.78. The van der Waals surface area contributed by atoms with Gasteiger partial charge in [0.05, 0.1) is 5.75 Å². The smallest absolute Gasteiger partial charge is 0.255 e. The quantitative estimate of drug-likeness (QED) is 0.353. The molecule has 0 saturated heterocycles. The first kappa shape index (κ1) is 23.1. The summed E-state index contributed by atoms with van der Waals surface area (Å²) >= 11 is 1.28. The molecule has 0 radical (unpaired) electrons. The summed E-state index contributed by atoms with van der Waals surface area (Å²) in [7, 11) is 1.81. The van der Waals surface area contributed by atoms with Gasteiger partial charge in [-0.1, -0.05) is 30.0 Å². The minimum atomic E-state index is -0.281. The van der Waals surface area contributed by atoms with E-state index in [0.717, 1.165) is 11.3 Å². The van der Waals surface area contributed by atoms with E-state index in [9.17, 15) is 9.59 Å². The van der Waals surface area contributed by atoms with Crippen molar-refractivity contribution >= 4 is 35.0 Å². The highest BCUT2D eigenvalue weighted by molar-refractivity contribution is 7.99. The van der Waals surface area contributed by atoms with Gasteiger partial charge in [-0.05, 0) is 67.1 Å². The molecule has 0 aliphatic carbocycles. The van der Waals surface area contributed by atoms with E-state index in [1.807, 2.05) is 38.2 Å². The van der Waals surface area contributed by atoms with Crippen molar-refractivity contribution in [3.63, 3.8) is 0 Å². The molecule has 9 heteroatoms. The lowest BCUT2D eigenvalue weighted by Gasteiger charge is -2.10. The highest BCUT2D eigenvalue weighted by Crippen LogP contribution is 2.24. The molecule has 2 N–H and O–H groups in total. The van der Waals surface area contributed by atoms with E-state index in [1.165, 1.54) is 11.8 Å². The summed E-state index contributed by atoms with van der Waals surface area (Å²) < 4.78 is 7.58. The number of aryl methyl sites for hydroxylation is 2. The number of ether oxygens (including phenoxy) is 1. The molecule has 0 bridgehead atoms. The van der Waals surface area contributed by atoms with Crippen LogP contribution in [0.5, 0.6) is 11.5 Å². The van der Waals surface area contributed by atoms with Crippen LogP contribution in [0.1, 0.15) is 15.9 Å². The number of aromatic nitrogens is 3. The van der Waals surface area contributed by atoms with Crippen LogP contribution in [0.4, 0.5) is 11.4 Å². The number of hydrogen-bond acceptors (Lipinski definition) is 6. The van der Waals surface area contributed by atoms with Gasteiger partial charge in [-0.2, -0.15) is 0 Å². The zero-order chi connectivity index (χ0) is 23.9. The standard InChI is InChI=1S/C25H23N5O3S/c1-17-5-3-8-22(13-17)33-21-11-9-19(10-12-21)28-24(32)18-6-4-7-20(14-18)27-23(31)15-34-25-29-26-16-30(25)2/h3-14,16H,15H2,1-2H3,(H,27,31)(H,28,32). The predicted octanol–water partition coefficient (Wildman–Crippen LogP) is 4.90. The molecule has 0 saturated carbocycles. The van der Waals surface area contributed by atoms with E-state index in [0.29, 0.717) is 27.8 Å². The van der Waals surface area contributed by atoms with E-state index in [2.05, 4.69) is 20.8 Å². The summed E-state index contributed by atoms with van der Waals surface area (Å²) in [5.74, 6) is 1.13. The van der Waals surface area contributed by atoms with Gasteiger partial charge in [0.2, 0.25) is 5.91 Å². The summed E-state index contributed by atoms with van der Waals surface area (Å²) in [6, 6.07) is 21.7. The number of nitrogens with one attached hydrogen (secondary N) is 2. The van der Waals surface area contributed by atoms with E-state index >= 15 is 0 Å². The molecular weight excluding hydrogens is 450 g/mol. The van der Waals surface area contributed by atoms with Crippen LogP contribution >= 0.6 is 11.8 Å². The topological polar surface area (TPSA) is 98.1 Å². The molecule has 0 fully saturated rings. The fraction of sp³-hybridized carbons (Fsp3) is 0.120. The second-order valence-corrected chi connectivity index (χ2v) is 8.48. The number of benzene rings is 3. The van der Waals surface area contributed by atoms with Crippen LogP contribution in [-0.2, 0) is 11.8 Å². The Morgan fingerprint density at radius 2 is 1.74 bits per heavy atom. The molecule has 0 atom stereocenters. The van der Waals surface area contributed by atoms with E-state index in [4.69, 9.17) is 4.74 Å². The molecule has 4 aromatic rings. The summed E-state index contributed by atoms with van der Waals surface area (Å²) in [4.78, 5) is 25.0. The SMILES string of the molecule is Cc1cccc(Oc2ccc(NC(=O)c3cccc(NC(=O)CSc4nncn4C)c3)cc2)c1. The molecule has 0 aliphatic rings. The zero-order valence-electron chi connectivity index (χ0n) is 18.7. The van der Waals surface area contributed by atoms with Crippen LogP contribution in [0.2, 0.25) is 0 Å². The van der Waals surface area contributed by atoms with Crippen molar-refractivity contribution in [1.29, 1.82) is 0 Å². The summed E-state index contributed by atoms with van der Waals surface area (Å²) in [5.41, 5.74) is 2.72. The molecule has 0 unspecified atom stereocenters. The monoisotopic (exact) mass is 473 g/mol. The lowest BCUT2D eigenvalue weighted by atomic mass is 10.2. The van der Waals surface area contributed by atoms with Gasteiger partial charge >= 0.3 is 0 Å². The number of amides is 2. The molecule has 0 spiro atoms. The second-order valence-electron chi connectivity index (χ2n) is 7.54. The van der Waals surface area contributed by atoms with Crippen LogP contribution in [0.3, 0.4) is 0 Å². The van der Waals surface area contributed by atoms with Crippen molar-refractivity contribution in [2.24, 2.45) is 7.05 Å². The largest absolute Gasteiger partial charge is 0.457 e. The maximum Gasteiger partial charge on any atom is 0.255 e. The van der Waals surface area contributed by atoms with Gasteiger partial charge < -0.3 is 19.9 Å². The first-order valence-electron chi connectivity index (χ1n) is 10.5.